The third kappa shape index (κ3) is 3.59. The Morgan fingerprint density at radius 2 is 1.68 bits per heavy atom. The summed E-state index contributed by atoms with van der Waals surface area (Å²) in [6, 6.07) is 10.1. The lowest BCUT2D eigenvalue weighted by molar-refractivity contribution is 0.106. The molecule has 7 heteroatoms. The first-order valence-electron chi connectivity index (χ1n) is 11.3. The molecule has 0 saturated carbocycles. The molecule has 2 aliphatic heterocycles. The Morgan fingerprint density at radius 3 is 2.42 bits per heavy atom. The lowest BCUT2D eigenvalue weighted by Gasteiger charge is -2.39. The van der Waals surface area contributed by atoms with Gasteiger partial charge in [-0.05, 0) is 64.0 Å². The van der Waals surface area contributed by atoms with E-state index in [1.807, 2.05) is 30.5 Å². The highest BCUT2D eigenvalue weighted by Gasteiger charge is 2.35. The smallest absolute Gasteiger partial charge is 0.224 e. The van der Waals surface area contributed by atoms with E-state index in [1.165, 1.54) is 5.56 Å². The van der Waals surface area contributed by atoms with Crippen LogP contribution in [0.25, 0.3) is 5.65 Å². The van der Waals surface area contributed by atoms with Crippen LogP contribution in [0.1, 0.15) is 48.3 Å². The lowest BCUT2D eigenvalue weighted by atomic mass is 9.91. The normalized spacial score (nSPS) is 23.5. The van der Waals surface area contributed by atoms with Gasteiger partial charge in [0.25, 0.3) is 0 Å². The number of rotatable bonds is 3. The van der Waals surface area contributed by atoms with E-state index in [4.69, 9.17) is 4.98 Å². The Hall–Kier alpha value is -2.51. The van der Waals surface area contributed by atoms with Gasteiger partial charge in [-0.3, -0.25) is 14.3 Å². The van der Waals surface area contributed by atoms with E-state index in [9.17, 15) is 0 Å². The van der Waals surface area contributed by atoms with Gasteiger partial charge in [-0.25, -0.2) is 4.98 Å². The lowest BCUT2D eigenvalue weighted by Crippen LogP contribution is -2.45. The molecule has 2 fully saturated rings. The molecule has 3 aromatic rings. The first kappa shape index (κ1) is 20.4. The van der Waals surface area contributed by atoms with Crippen LogP contribution in [0.2, 0.25) is 0 Å². The van der Waals surface area contributed by atoms with Crippen LogP contribution < -0.4 is 4.90 Å². The van der Waals surface area contributed by atoms with Gasteiger partial charge in [0.1, 0.15) is 17.2 Å². The summed E-state index contributed by atoms with van der Waals surface area (Å²) in [5.74, 6) is 0.678. The summed E-state index contributed by atoms with van der Waals surface area (Å²) in [6.07, 6.45) is 4.83. The van der Waals surface area contributed by atoms with Crippen LogP contribution in [0.15, 0.2) is 36.5 Å². The molecular formula is C24H31FN6. The minimum absolute atomic E-state index is 0.0552. The Bertz CT molecular complexity index is 1070. The topological polar surface area (TPSA) is 39.9 Å². The van der Waals surface area contributed by atoms with Gasteiger partial charge in [-0.2, -0.15) is 4.39 Å². The van der Waals surface area contributed by atoms with E-state index < -0.39 is 0 Å². The quantitative estimate of drug-likeness (QED) is 0.642. The van der Waals surface area contributed by atoms with Crippen molar-refractivity contribution >= 4 is 11.5 Å². The molecule has 0 bridgehead atoms. The minimum atomic E-state index is -0.222. The maximum absolute atomic E-state index is 15.9. The fourth-order valence-electron chi connectivity index (χ4n) is 5.19. The van der Waals surface area contributed by atoms with Gasteiger partial charge < -0.3 is 9.80 Å². The van der Waals surface area contributed by atoms with E-state index in [0.29, 0.717) is 11.3 Å². The standard InChI is InChI=1S/C24H31FN6/c1-17-7-6-12-26-22(17)18-8-4-9-19(29(18)3)23-24(25)31-20(27-23)10-5-11-21(31)30-15-13-28(2)14-16-30/h5-7,10-12,18-19H,4,8-9,13-16H2,1-3H3. The average molecular weight is 423 g/mol. The zero-order valence-electron chi connectivity index (χ0n) is 18.6. The zero-order chi connectivity index (χ0) is 21.5. The van der Waals surface area contributed by atoms with E-state index in [1.54, 1.807) is 4.40 Å². The highest BCUT2D eigenvalue weighted by Crippen LogP contribution is 2.41. The van der Waals surface area contributed by atoms with Crippen molar-refractivity contribution in [3.8, 4) is 0 Å². The Kier molecular flexibility index (Phi) is 5.40. The van der Waals surface area contributed by atoms with Gasteiger partial charge in [-0.1, -0.05) is 12.1 Å². The molecule has 0 aromatic carbocycles. The number of pyridine rings is 2. The van der Waals surface area contributed by atoms with Crippen molar-refractivity contribution in [1.82, 2.24) is 24.2 Å². The number of nitrogens with zero attached hydrogens (tertiary/aromatic N) is 6. The molecule has 2 atom stereocenters. The van der Waals surface area contributed by atoms with Crippen LogP contribution in [0.4, 0.5) is 10.2 Å². The predicted octanol–water partition coefficient (Wildman–Crippen LogP) is 3.83. The summed E-state index contributed by atoms with van der Waals surface area (Å²) in [7, 11) is 4.22. The second-order valence-electron chi connectivity index (χ2n) is 8.99. The molecule has 2 aliphatic rings. The van der Waals surface area contributed by atoms with Gasteiger partial charge in [0.05, 0.1) is 17.8 Å². The molecule has 31 heavy (non-hydrogen) atoms. The molecule has 0 aliphatic carbocycles. The summed E-state index contributed by atoms with van der Waals surface area (Å²) >= 11 is 0. The Morgan fingerprint density at radius 1 is 0.935 bits per heavy atom. The SMILES string of the molecule is Cc1cccnc1C1CCCC(c2nc3cccc(N4CCN(C)CC4)n3c2F)N1C. The molecule has 0 radical (unpaired) electrons. The molecule has 3 aromatic heterocycles. The van der Waals surface area contributed by atoms with Crippen molar-refractivity contribution in [2.24, 2.45) is 0 Å². The third-order valence-electron chi connectivity index (χ3n) is 7.04. The van der Waals surface area contributed by atoms with E-state index in [-0.39, 0.29) is 18.0 Å². The van der Waals surface area contributed by atoms with Gasteiger partial charge in [0.2, 0.25) is 5.95 Å². The molecular weight excluding hydrogens is 391 g/mol. The van der Waals surface area contributed by atoms with Crippen molar-refractivity contribution in [2.75, 3.05) is 45.2 Å². The summed E-state index contributed by atoms with van der Waals surface area (Å²) < 4.78 is 17.6. The highest BCUT2D eigenvalue weighted by molar-refractivity contribution is 5.53. The molecule has 0 spiro atoms. The summed E-state index contributed by atoms with van der Waals surface area (Å²) in [6.45, 7) is 5.86. The number of likely N-dealkylation sites (N-methyl/N-ethyl adjacent to an activating group) is 1. The Balaban J connectivity index is 1.51. The first-order chi connectivity index (χ1) is 15.0. The molecule has 6 nitrogen and oxygen atoms in total. The maximum Gasteiger partial charge on any atom is 0.224 e. The second-order valence-corrected chi connectivity index (χ2v) is 8.99. The zero-order valence-corrected chi connectivity index (χ0v) is 18.6. The maximum atomic E-state index is 15.9. The minimum Gasteiger partial charge on any atom is -0.355 e. The van der Waals surface area contributed by atoms with Crippen molar-refractivity contribution in [1.29, 1.82) is 0 Å². The van der Waals surface area contributed by atoms with Crippen LogP contribution in [0.5, 0.6) is 0 Å². The third-order valence-corrected chi connectivity index (χ3v) is 7.04. The fourth-order valence-corrected chi connectivity index (χ4v) is 5.19. The van der Waals surface area contributed by atoms with Crippen molar-refractivity contribution in [3.05, 3.63) is 59.4 Å². The van der Waals surface area contributed by atoms with Gasteiger partial charge >= 0.3 is 0 Å². The van der Waals surface area contributed by atoms with E-state index in [2.05, 4.69) is 46.8 Å². The van der Waals surface area contributed by atoms with Gasteiger partial charge in [0.15, 0.2) is 0 Å². The number of likely N-dealkylation sites (tertiary alicyclic amines) is 1. The number of hydrogen-bond acceptors (Lipinski definition) is 5. The number of fused-ring (bicyclic) bond motifs is 1. The summed E-state index contributed by atoms with van der Waals surface area (Å²) in [4.78, 5) is 16.3. The number of aromatic nitrogens is 3. The van der Waals surface area contributed by atoms with Crippen molar-refractivity contribution < 1.29 is 4.39 Å². The summed E-state index contributed by atoms with van der Waals surface area (Å²) in [5, 5.41) is 0. The predicted molar refractivity (Wildman–Crippen MR) is 121 cm³/mol. The molecule has 5 heterocycles. The van der Waals surface area contributed by atoms with Crippen LogP contribution in [0.3, 0.4) is 0 Å². The number of imidazole rings is 1. The number of piperazine rings is 1. The first-order valence-corrected chi connectivity index (χ1v) is 11.3. The van der Waals surface area contributed by atoms with Crippen molar-refractivity contribution in [2.45, 2.75) is 38.3 Å². The van der Waals surface area contributed by atoms with Crippen LogP contribution in [0, 0.1) is 12.9 Å². The summed E-state index contributed by atoms with van der Waals surface area (Å²) in [5.41, 5.74) is 3.53. The number of hydrogen-bond donors (Lipinski definition) is 0. The number of halogens is 1. The van der Waals surface area contributed by atoms with Gasteiger partial charge in [0, 0.05) is 32.4 Å². The average Bonchev–Trinajstić information content (AvgIpc) is 3.12. The van der Waals surface area contributed by atoms with E-state index in [0.717, 1.165) is 57.0 Å². The largest absolute Gasteiger partial charge is 0.355 e. The molecule has 0 amide bonds. The molecule has 2 unspecified atom stereocenters. The monoisotopic (exact) mass is 422 g/mol. The van der Waals surface area contributed by atoms with Gasteiger partial charge in [-0.15, -0.1) is 0 Å². The number of piperidine rings is 1. The van der Waals surface area contributed by atoms with E-state index >= 15 is 4.39 Å². The molecule has 164 valence electrons. The van der Waals surface area contributed by atoms with Crippen LogP contribution >= 0.6 is 0 Å². The number of anilines is 1. The Labute approximate surface area is 183 Å². The number of aryl methyl sites for hydroxylation is 1. The molecule has 5 rings (SSSR count). The molecule has 0 N–H and O–H groups in total. The van der Waals surface area contributed by atoms with Crippen LogP contribution in [-0.4, -0.2) is 64.4 Å². The second kappa shape index (κ2) is 8.20. The fraction of sp³-hybridized carbons (Fsp3) is 0.500. The van der Waals surface area contributed by atoms with Crippen LogP contribution in [-0.2, 0) is 0 Å². The highest BCUT2D eigenvalue weighted by atomic mass is 19.1. The van der Waals surface area contributed by atoms with Crippen molar-refractivity contribution in [3.63, 3.8) is 0 Å². The molecule has 2 saturated heterocycles.